The SMILES string of the molecule is C1=C([P+](c2ccccc2)(c2ccccc2)c2ccccc2)Oc2ccccc2[C@@H]1c1ccccc1. The van der Waals surface area contributed by atoms with Gasteiger partial charge in [-0.2, -0.15) is 0 Å². The van der Waals surface area contributed by atoms with Gasteiger partial charge in [0, 0.05) is 17.6 Å². The summed E-state index contributed by atoms with van der Waals surface area (Å²) in [4.78, 5) is 0. The Bertz CT molecular complexity index is 1350. The van der Waals surface area contributed by atoms with Gasteiger partial charge in [0.15, 0.2) is 7.26 Å². The minimum atomic E-state index is -2.30. The largest absolute Gasteiger partial charge is 0.426 e. The molecule has 1 atom stereocenters. The molecule has 168 valence electrons. The summed E-state index contributed by atoms with van der Waals surface area (Å²) in [6.07, 6.45) is 2.37. The maximum atomic E-state index is 6.92. The number of benzene rings is 5. The fourth-order valence-corrected chi connectivity index (χ4v) is 9.23. The molecule has 1 aliphatic heterocycles. The minimum Gasteiger partial charge on any atom is -0.426 e. The van der Waals surface area contributed by atoms with Crippen LogP contribution in [0, 0.1) is 0 Å². The van der Waals surface area contributed by atoms with Crippen molar-refractivity contribution < 1.29 is 4.74 Å². The van der Waals surface area contributed by atoms with Crippen molar-refractivity contribution in [2.24, 2.45) is 0 Å². The molecule has 2 heteroatoms. The molecule has 6 rings (SSSR count). The third kappa shape index (κ3) is 3.79. The topological polar surface area (TPSA) is 9.23 Å². The van der Waals surface area contributed by atoms with Crippen LogP contribution in [0.2, 0.25) is 0 Å². The minimum absolute atomic E-state index is 0.117. The number of hydrogen-bond acceptors (Lipinski definition) is 1. The second kappa shape index (κ2) is 9.37. The van der Waals surface area contributed by atoms with Crippen molar-refractivity contribution in [2.45, 2.75) is 5.92 Å². The van der Waals surface area contributed by atoms with E-state index in [9.17, 15) is 0 Å². The maximum Gasteiger partial charge on any atom is 0.258 e. The van der Waals surface area contributed by atoms with E-state index in [1.54, 1.807) is 0 Å². The van der Waals surface area contributed by atoms with E-state index in [4.69, 9.17) is 4.74 Å². The fraction of sp³-hybridized carbons (Fsp3) is 0.0303. The van der Waals surface area contributed by atoms with E-state index in [0.29, 0.717) is 0 Å². The first-order chi connectivity index (χ1) is 17.4. The molecule has 1 heterocycles. The molecule has 0 N–H and O–H groups in total. The summed E-state index contributed by atoms with van der Waals surface area (Å²) in [6, 6.07) is 51.9. The maximum absolute atomic E-state index is 6.92. The Balaban J connectivity index is 1.69. The van der Waals surface area contributed by atoms with Gasteiger partial charge in [-0.25, -0.2) is 0 Å². The molecule has 0 saturated heterocycles. The third-order valence-electron chi connectivity index (χ3n) is 6.70. The molecular formula is C33H26OP+. The van der Waals surface area contributed by atoms with Crippen LogP contribution in [-0.2, 0) is 0 Å². The quantitative estimate of drug-likeness (QED) is 0.251. The van der Waals surface area contributed by atoms with Crippen LogP contribution in [0.3, 0.4) is 0 Å². The first-order valence-electron chi connectivity index (χ1n) is 12.0. The molecule has 0 bridgehead atoms. The summed E-state index contributed by atoms with van der Waals surface area (Å²) >= 11 is 0. The molecule has 1 aliphatic rings. The Kier molecular flexibility index (Phi) is 5.78. The summed E-state index contributed by atoms with van der Waals surface area (Å²) in [5, 5.41) is 3.86. The number of allylic oxidation sites excluding steroid dienone is 1. The molecule has 0 amide bonds. The first-order valence-corrected chi connectivity index (χ1v) is 13.8. The molecule has 0 unspecified atom stereocenters. The van der Waals surface area contributed by atoms with Crippen LogP contribution < -0.4 is 20.7 Å². The predicted octanol–water partition coefficient (Wildman–Crippen LogP) is 7.05. The molecule has 0 aromatic heterocycles. The van der Waals surface area contributed by atoms with Crippen LogP contribution in [0.5, 0.6) is 5.75 Å². The highest BCUT2D eigenvalue weighted by Gasteiger charge is 2.53. The average Bonchev–Trinajstić information content (AvgIpc) is 2.95. The lowest BCUT2D eigenvalue weighted by molar-refractivity contribution is 0.441. The molecule has 35 heavy (non-hydrogen) atoms. The van der Waals surface area contributed by atoms with E-state index in [1.807, 2.05) is 0 Å². The van der Waals surface area contributed by atoms with E-state index >= 15 is 0 Å². The summed E-state index contributed by atoms with van der Waals surface area (Å²) < 4.78 is 6.92. The number of ether oxygens (including phenoxy) is 1. The Labute approximate surface area is 207 Å². The van der Waals surface area contributed by atoms with Gasteiger partial charge in [-0.3, -0.25) is 0 Å². The molecule has 0 radical (unpaired) electrons. The van der Waals surface area contributed by atoms with Crippen molar-refractivity contribution in [3.63, 3.8) is 0 Å². The van der Waals surface area contributed by atoms with E-state index in [2.05, 4.69) is 152 Å². The Morgan fingerprint density at radius 3 is 1.40 bits per heavy atom. The van der Waals surface area contributed by atoms with Gasteiger partial charge >= 0.3 is 0 Å². The summed E-state index contributed by atoms with van der Waals surface area (Å²) in [5.74, 6) is 1.05. The average molecular weight is 470 g/mol. The second-order valence-electron chi connectivity index (χ2n) is 8.71. The van der Waals surface area contributed by atoms with Gasteiger partial charge in [0.2, 0.25) is 0 Å². The Hall–Kier alpha value is -3.93. The van der Waals surface area contributed by atoms with E-state index in [0.717, 1.165) is 11.2 Å². The molecule has 1 nitrogen and oxygen atoms in total. The monoisotopic (exact) mass is 469 g/mol. The van der Waals surface area contributed by atoms with Crippen LogP contribution in [0.1, 0.15) is 17.0 Å². The smallest absolute Gasteiger partial charge is 0.258 e. The van der Waals surface area contributed by atoms with Crippen molar-refractivity contribution in [3.8, 4) is 5.75 Å². The van der Waals surface area contributed by atoms with Gasteiger partial charge < -0.3 is 4.74 Å². The van der Waals surface area contributed by atoms with Crippen molar-refractivity contribution in [1.29, 1.82) is 0 Å². The number of fused-ring (bicyclic) bond motifs is 1. The second-order valence-corrected chi connectivity index (χ2v) is 12.0. The molecule has 0 fully saturated rings. The third-order valence-corrected chi connectivity index (χ3v) is 10.8. The lowest BCUT2D eigenvalue weighted by Crippen LogP contribution is -2.34. The van der Waals surface area contributed by atoms with Gasteiger partial charge in [0.05, 0.1) is 0 Å². The highest BCUT2D eigenvalue weighted by Crippen LogP contribution is 2.64. The standard InChI is InChI=1S/C33H26OP/c1-5-15-26(16-6-1)31-25-33(34-32-24-14-13-23-30(31)32)35(27-17-7-2-8-18-27,28-19-9-3-10-20-28)29-21-11-4-12-22-29/h1-25,31H/q+1/t31-/m0/s1. The van der Waals surface area contributed by atoms with Crippen molar-refractivity contribution in [1.82, 2.24) is 0 Å². The number of rotatable bonds is 5. The molecule has 0 aliphatic carbocycles. The van der Waals surface area contributed by atoms with Crippen molar-refractivity contribution in [2.75, 3.05) is 0 Å². The Morgan fingerprint density at radius 1 is 0.457 bits per heavy atom. The number of hydrogen-bond donors (Lipinski definition) is 0. The fourth-order valence-electron chi connectivity index (χ4n) is 5.11. The van der Waals surface area contributed by atoms with Crippen molar-refractivity contribution >= 4 is 23.2 Å². The molecule has 0 saturated carbocycles. The van der Waals surface area contributed by atoms with Crippen molar-refractivity contribution in [3.05, 3.63) is 168 Å². The zero-order chi connectivity index (χ0) is 23.5. The van der Waals surface area contributed by atoms with Crippen LogP contribution in [-0.4, -0.2) is 0 Å². The molecule has 5 aromatic rings. The van der Waals surface area contributed by atoms with Crippen LogP contribution >= 0.6 is 7.26 Å². The van der Waals surface area contributed by atoms with Gasteiger partial charge in [-0.15, -0.1) is 0 Å². The predicted molar refractivity (Wildman–Crippen MR) is 149 cm³/mol. The van der Waals surface area contributed by atoms with Gasteiger partial charge in [-0.05, 0) is 48.0 Å². The summed E-state index contributed by atoms with van der Waals surface area (Å²) in [6.45, 7) is 0. The summed E-state index contributed by atoms with van der Waals surface area (Å²) in [5.41, 5.74) is 3.51. The zero-order valence-electron chi connectivity index (χ0n) is 19.4. The highest BCUT2D eigenvalue weighted by atomic mass is 31.2. The lowest BCUT2D eigenvalue weighted by Gasteiger charge is -2.33. The van der Waals surface area contributed by atoms with Crippen LogP contribution in [0.15, 0.2) is 157 Å². The molecule has 5 aromatic carbocycles. The van der Waals surface area contributed by atoms with E-state index < -0.39 is 7.26 Å². The highest BCUT2D eigenvalue weighted by molar-refractivity contribution is 7.98. The molecule has 0 spiro atoms. The molecular weight excluding hydrogens is 443 g/mol. The number of para-hydroxylation sites is 1. The van der Waals surface area contributed by atoms with Gasteiger partial charge in [-0.1, -0.05) is 103 Å². The van der Waals surface area contributed by atoms with E-state index in [-0.39, 0.29) is 5.92 Å². The first kappa shape index (κ1) is 21.6. The Morgan fingerprint density at radius 2 is 0.886 bits per heavy atom. The normalized spacial score (nSPS) is 15.0. The lowest BCUT2D eigenvalue weighted by atomic mass is 9.90. The summed E-state index contributed by atoms with van der Waals surface area (Å²) in [7, 11) is -2.30. The van der Waals surface area contributed by atoms with E-state index in [1.165, 1.54) is 27.0 Å². The zero-order valence-corrected chi connectivity index (χ0v) is 20.3. The van der Waals surface area contributed by atoms with Gasteiger partial charge in [0.1, 0.15) is 21.7 Å². The van der Waals surface area contributed by atoms with Gasteiger partial charge in [0.25, 0.3) is 5.50 Å². The van der Waals surface area contributed by atoms with Crippen LogP contribution in [0.4, 0.5) is 0 Å². The van der Waals surface area contributed by atoms with Crippen LogP contribution in [0.25, 0.3) is 0 Å².